The number of para-hydroxylation sites is 1. The Balaban J connectivity index is 2.69. The Morgan fingerprint density at radius 1 is 1.50 bits per heavy atom. The van der Waals surface area contributed by atoms with Crippen LogP contribution in [0.5, 0.6) is 11.5 Å². The van der Waals surface area contributed by atoms with Crippen molar-refractivity contribution in [1.82, 2.24) is 10.7 Å². The molecule has 1 rings (SSSR count). The lowest BCUT2D eigenvalue weighted by Crippen LogP contribution is -2.31. The minimum atomic E-state index is 0.0688. The highest BCUT2D eigenvalue weighted by Gasteiger charge is 2.05. The number of hydrogen-bond acceptors (Lipinski definition) is 4. The third-order valence-electron chi connectivity index (χ3n) is 2.04. The van der Waals surface area contributed by atoms with Crippen LogP contribution in [-0.4, -0.2) is 29.6 Å². The molecule has 1 aromatic carbocycles. The summed E-state index contributed by atoms with van der Waals surface area (Å²) in [4.78, 5) is 0. The van der Waals surface area contributed by atoms with Gasteiger partial charge >= 0.3 is 0 Å². The van der Waals surface area contributed by atoms with Gasteiger partial charge in [-0.05, 0) is 38.2 Å². The number of benzene rings is 1. The molecule has 0 amide bonds. The Morgan fingerprint density at radius 2 is 2.28 bits per heavy atom. The van der Waals surface area contributed by atoms with E-state index in [-0.39, 0.29) is 5.75 Å². The molecule has 0 aliphatic carbocycles. The van der Waals surface area contributed by atoms with Gasteiger partial charge in [-0.15, -0.1) is 0 Å². The summed E-state index contributed by atoms with van der Waals surface area (Å²) in [6, 6.07) is 5.22. The SMILES string of the molecule is CCNC(=S)N/N=C\c1cccc(OCC)c1O. The normalized spacial score (nSPS) is 10.3. The predicted octanol–water partition coefficient (Wildman–Crippen LogP) is 1.61. The number of aromatic hydroxyl groups is 1. The molecule has 0 saturated carbocycles. The highest BCUT2D eigenvalue weighted by Crippen LogP contribution is 2.28. The van der Waals surface area contributed by atoms with Crippen molar-refractivity contribution in [3.8, 4) is 11.5 Å². The molecule has 0 unspecified atom stereocenters. The fourth-order valence-electron chi connectivity index (χ4n) is 1.28. The summed E-state index contributed by atoms with van der Waals surface area (Å²) in [5.41, 5.74) is 3.21. The van der Waals surface area contributed by atoms with Crippen LogP contribution in [0.2, 0.25) is 0 Å². The van der Waals surface area contributed by atoms with Gasteiger partial charge in [-0.1, -0.05) is 6.07 Å². The van der Waals surface area contributed by atoms with Gasteiger partial charge < -0.3 is 15.2 Å². The second kappa shape index (κ2) is 7.50. The molecule has 1 aromatic rings. The Hall–Kier alpha value is -1.82. The van der Waals surface area contributed by atoms with Gasteiger partial charge in [0.15, 0.2) is 16.6 Å². The minimum Gasteiger partial charge on any atom is -0.504 e. The van der Waals surface area contributed by atoms with E-state index >= 15 is 0 Å². The number of hydrogen-bond donors (Lipinski definition) is 3. The average Bonchev–Trinajstić information content (AvgIpc) is 2.34. The summed E-state index contributed by atoms with van der Waals surface area (Å²) < 4.78 is 5.27. The van der Waals surface area contributed by atoms with Gasteiger partial charge in [0.25, 0.3) is 0 Å². The summed E-state index contributed by atoms with van der Waals surface area (Å²) in [5.74, 6) is 0.509. The fraction of sp³-hybridized carbons (Fsp3) is 0.333. The summed E-state index contributed by atoms with van der Waals surface area (Å²) in [7, 11) is 0. The number of hydrazone groups is 1. The molecule has 5 nitrogen and oxygen atoms in total. The number of nitrogens with one attached hydrogen (secondary N) is 2. The van der Waals surface area contributed by atoms with Crippen molar-refractivity contribution in [3.63, 3.8) is 0 Å². The summed E-state index contributed by atoms with van der Waals surface area (Å²) >= 11 is 4.95. The first-order chi connectivity index (χ1) is 8.69. The molecule has 0 atom stereocenters. The Kier molecular flexibility index (Phi) is 5.93. The molecule has 18 heavy (non-hydrogen) atoms. The van der Waals surface area contributed by atoms with Crippen LogP contribution >= 0.6 is 12.2 Å². The fourth-order valence-corrected chi connectivity index (χ4v) is 1.47. The molecule has 6 heteroatoms. The van der Waals surface area contributed by atoms with E-state index in [4.69, 9.17) is 17.0 Å². The van der Waals surface area contributed by atoms with Crippen molar-refractivity contribution in [2.24, 2.45) is 5.10 Å². The van der Waals surface area contributed by atoms with E-state index in [0.29, 0.717) is 23.0 Å². The minimum absolute atomic E-state index is 0.0688. The number of phenols is 1. The molecule has 0 aromatic heterocycles. The smallest absolute Gasteiger partial charge is 0.186 e. The van der Waals surface area contributed by atoms with E-state index in [1.807, 2.05) is 13.8 Å². The highest BCUT2D eigenvalue weighted by molar-refractivity contribution is 7.80. The van der Waals surface area contributed by atoms with E-state index in [1.165, 1.54) is 6.21 Å². The highest BCUT2D eigenvalue weighted by atomic mass is 32.1. The van der Waals surface area contributed by atoms with Crippen LogP contribution in [0.4, 0.5) is 0 Å². The maximum absolute atomic E-state index is 9.90. The Morgan fingerprint density at radius 3 is 2.94 bits per heavy atom. The van der Waals surface area contributed by atoms with E-state index < -0.39 is 0 Å². The van der Waals surface area contributed by atoms with E-state index in [2.05, 4.69) is 15.8 Å². The van der Waals surface area contributed by atoms with Crippen molar-refractivity contribution < 1.29 is 9.84 Å². The van der Waals surface area contributed by atoms with Crippen LogP contribution in [0.3, 0.4) is 0 Å². The van der Waals surface area contributed by atoms with Crippen LogP contribution in [0.15, 0.2) is 23.3 Å². The van der Waals surface area contributed by atoms with Crippen LogP contribution in [0, 0.1) is 0 Å². The van der Waals surface area contributed by atoms with Gasteiger partial charge in [-0.2, -0.15) is 5.10 Å². The largest absolute Gasteiger partial charge is 0.504 e. The van der Waals surface area contributed by atoms with Gasteiger partial charge in [-0.25, -0.2) is 0 Å². The molecule has 0 saturated heterocycles. The van der Waals surface area contributed by atoms with Crippen molar-refractivity contribution in [2.45, 2.75) is 13.8 Å². The molecular formula is C12H17N3O2S. The van der Waals surface area contributed by atoms with Crippen molar-refractivity contribution in [1.29, 1.82) is 0 Å². The number of phenolic OH excluding ortho intramolecular Hbond substituents is 1. The monoisotopic (exact) mass is 267 g/mol. The Bertz CT molecular complexity index is 435. The zero-order valence-corrected chi connectivity index (χ0v) is 11.3. The average molecular weight is 267 g/mol. The number of nitrogens with zero attached hydrogens (tertiary/aromatic N) is 1. The van der Waals surface area contributed by atoms with Gasteiger partial charge in [0.2, 0.25) is 0 Å². The van der Waals surface area contributed by atoms with Gasteiger partial charge in [0.1, 0.15) is 0 Å². The first-order valence-electron chi connectivity index (χ1n) is 5.70. The molecule has 0 heterocycles. The molecular weight excluding hydrogens is 250 g/mol. The zero-order valence-electron chi connectivity index (χ0n) is 10.4. The van der Waals surface area contributed by atoms with E-state index in [0.717, 1.165) is 6.54 Å². The lowest BCUT2D eigenvalue weighted by Gasteiger charge is -2.07. The quantitative estimate of drug-likeness (QED) is 0.430. The molecule has 0 aliphatic heterocycles. The summed E-state index contributed by atoms with van der Waals surface area (Å²) in [5, 5.41) is 17.2. The second-order valence-electron chi connectivity index (χ2n) is 3.36. The second-order valence-corrected chi connectivity index (χ2v) is 3.76. The lowest BCUT2D eigenvalue weighted by atomic mass is 10.2. The topological polar surface area (TPSA) is 65.9 Å². The van der Waals surface area contributed by atoms with Crippen molar-refractivity contribution in [2.75, 3.05) is 13.2 Å². The number of rotatable bonds is 5. The van der Waals surface area contributed by atoms with Gasteiger partial charge in [0, 0.05) is 12.1 Å². The van der Waals surface area contributed by atoms with Crippen LogP contribution in [0.25, 0.3) is 0 Å². The van der Waals surface area contributed by atoms with Gasteiger partial charge in [0.05, 0.1) is 12.8 Å². The van der Waals surface area contributed by atoms with Crippen molar-refractivity contribution >= 4 is 23.5 Å². The first-order valence-corrected chi connectivity index (χ1v) is 6.11. The number of thiocarbonyl (C=S) groups is 1. The lowest BCUT2D eigenvalue weighted by molar-refractivity contribution is 0.318. The van der Waals surface area contributed by atoms with Crippen molar-refractivity contribution in [3.05, 3.63) is 23.8 Å². The van der Waals surface area contributed by atoms with E-state index in [1.54, 1.807) is 18.2 Å². The summed E-state index contributed by atoms with van der Waals surface area (Å²) in [6.07, 6.45) is 1.49. The molecule has 0 radical (unpaired) electrons. The zero-order chi connectivity index (χ0) is 13.4. The third kappa shape index (κ3) is 4.21. The molecule has 0 fully saturated rings. The summed E-state index contributed by atoms with van der Waals surface area (Å²) in [6.45, 7) is 5.02. The standard InChI is InChI=1S/C12H17N3O2S/c1-3-13-12(18)15-14-8-9-6-5-7-10(11(9)16)17-4-2/h5-8,16H,3-4H2,1-2H3,(H2,13,15,18)/b14-8-. The Labute approximate surface area is 112 Å². The third-order valence-corrected chi connectivity index (χ3v) is 2.27. The maximum Gasteiger partial charge on any atom is 0.186 e. The molecule has 3 N–H and O–H groups in total. The van der Waals surface area contributed by atoms with Crippen LogP contribution in [0.1, 0.15) is 19.4 Å². The molecule has 0 aliphatic rings. The molecule has 0 bridgehead atoms. The molecule has 98 valence electrons. The van der Waals surface area contributed by atoms with E-state index in [9.17, 15) is 5.11 Å². The van der Waals surface area contributed by atoms with Crippen LogP contribution < -0.4 is 15.5 Å². The number of ether oxygens (including phenoxy) is 1. The molecule has 0 spiro atoms. The maximum atomic E-state index is 9.90. The van der Waals surface area contributed by atoms with Crippen LogP contribution in [-0.2, 0) is 0 Å². The predicted molar refractivity (Wildman–Crippen MR) is 76.3 cm³/mol. The van der Waals surface area contributed by atoms with Gasteiger partial charge in [-0.3, -0.25) is 5.43 Å². The first kappa shape index (κ1) is 14.2.